The zero-order valence-electron chi connectivity index (χ0n) is 11.1. The van der Waals surface area contributed by atoms with Gasteiger partial charge < -0.3 is 10.1 Å². The van der Waals surface area contributed by atoms with Gasteiger partial charge in [-0.3, -0.25) is 4.68 Å². The third-order valence-electron chi connectivity index (χ3n) is 2.73. The number of hydrogen-bond donors (Lipinski definition) is 1. The molecule has 0 unspecified atom stereocenters. The molecule has 0 saturated heterocycles. The van der Waals surface area contributed by atoms with Gasteiger partial charge in [-0.2, -0.15) is 5.10 Å². The van der Waals surface area contributed by atoms with Crippen LogP contribution < -0.4 is 5.32 Å². The average molecular weight is 239 g/mol. The van der Waals surface area contributed by atoms with Crippen molar-refractivity contribution in [3.63, 3.8) is 0 Å². The zero-order chi connectivity index (χ0) is 12.3. The predicted molar refractivity (Wildman–Crippen MR) is 70.0 cm³/mol. The molecular formula is C13H25N3O. The van der Waals surface area contributed by atoms with Crippen molar-refractivity contribution in [2.24, 2.45) is 0 Å². The van der Waals surface area contributed by atoms with Crippen LogP contribution in [0.15, 0.2) is 12.3 Å². The molecule has 0 fully saturated rings. The van der Waals surface area contributed by atoms with Crippen molar-refractivity contribution >= 4 is 0 Å². The monoisotopic (exact) mass is 239 g/mol. The summed E-state index contributed by atoms with van der Waals surface area (Å²) in [5.74, 6) is 0. The Bertz CT molecular complexity index is 259. The molecule has 1 heterocycles. The minimum Gasteiger partial charge on any atom is -0.383 e. The lowest BCUT2D eigenvalue weighted by molar-refractivity contribution is 0.199. The number of nitrogens with one attached hydrogen (secondary N) is 1. The van der Waals surface area contributed by atoms with Gasteiger partial charge in [0.2, 0.25) is 0 Å². The Kier molecular flexibility index (Phi) is 7.67. The maximum atomic E-state index is 4.97. The van der Waals surface area contributed by atoms with E-state index in [-0.39, 0.29) is 0 Å². The second-order valence-electron chi connectivity index (χ2n) is 4.30. The molecule has 0 saturated carbocycles. The summed E-state index contributed by atoms with van der Waals surface area (Å²) in [6, 6.07) is 2.08. The third kappa shape index (κ3) is 6.44. The lowest BCUT2D eigenvalue weighted by Gasteiger charge is -2.02. The normalized spacial score (nSPS) is 10.9. The van der Waals surface area contributed by atoms with Crippen molar-refractivity contribution in [3.05, 3.63) is 18.0 Å². The van der Waals surface area contributed by atoms with Gasteiger partial charge >= 0.3 is 0 Å². The van der Waals surface area contributed by atoms with Gasteiger partial charge in [0, 0.05) is 32.9 Å². The number of aryl methyl sites for hydroxylation is 1. The first-order valence-electron chi connectivity index (χ1n) is 6.58. The molecule has 0 bridgehead atoms. The highest BCUT2D eigenvalue weighted by Crippen LogP contribution is 2.02. The van der Waals surface area contributed by atoms with Crippen LogP contribution in [0, 0.1) is 0 Å². The van der Waals surface area contributed by atoms with Gasteiger partial charge in [-0.1, -0.05) is 26.2 Å². The molecule has 4 heteroatoms. The van der Waals surface area contributed by atoms with E-state index in [9.17, 15) is 0 Å². The van der Waals surface area contributed by atoms with E-state index in [1.165, 1.54) is 25.7 Å². The van der Waals surface area contributed by atoms with E-state index in [4.69, 9.17) is 4.74 Å². The van der Waals surface area contributed by atoms with Gasteiger partial charge in [-0.15, -0.1) is 0 Å². The van der Waals surface area contributed by atoms with Crippen molar-refractivity contribution in [1.82, 2.24) is 15.1 Å². The number of hydrogen-bond acceptors (Lipinski definition) is 3. The molecule has 0 aliphatic heterocycles. The smallest absolute Gasteiger partial charge is 0.0762 e. The molecule has 0 aromatic carbocycles. The van der Waals surface area contributed by atoms with Gasteiger partial charge in [0.1, 0.15) is 0 Å². The van der Waals surface area contributed by atoms with Crippen LogP contribution in [0.3, 0.4) is 0 Å². The molecule has 1 rings (SSSR count). The molecule has 1 aromatic rings. The lowest BCUT2D eigenvalue weighted by Crippen LogP contribution is -2.19. The topological polar surface area (TPSA) is 39.1 Å². The van der Waals surface area contributed by atoms with E-state index < -0.39 is 0 Å². The number of rotatable bonds is 10. The maximum absolute atomic E-state index is 4.97. The molecule has 1 N–H and O–H groups in total. The molecule has 0 aliphatic carbocycles. The first-order valence-corrected chi connectivity index (χ1v) is 6.58. The first-order chi connectivity index (χ1) is 8.36. The first kappa shape index (κ1) is 14.2. The lowest BCUT2D eigenvalue weighted by atomic mass is 10.2. The van der Waals surface area contributed by atoms with Crippen LogP contribution in [0.2, 0.25) is 0 Å². The largest absolute Gasteiger partial charge is 0.383 e. The zero-order valence-corrected chi connectivity index (χ0v) is 11.1. The van der Waals surface area contributed by atoms with Crippen LogP contribution in [-0.4, -0.2) is 30.0 Å². The summed E-state index contributed by atoms with van der Waals surface area (Å²) in [7, 11) is 1.71. The van der Waals surface area contributed by atoms with E-state index in [1.54, 1.807) is 7.11 Å². The minimum atomic E-state index is 0.748. The minimum absolute atomic E-state index is 0.748. The van der Waals surface area contributed by atoms with E-state index in [1.807, 2.05) is 4.68 Å². The second kappa shape index (κ2) is 9.19. The highest BCUT2D eigenvalue weighted by molar-refractivity contribution is 4.98. The van der Waals surface area contributed by atoms with Gasteiger partial charge in [0.25, 0.3) is 0 Å². The Hall–Kier alpha value is -0.870. The Morgan fingerprint density at radius 1 is 1.35 bits per heavy atom. The van der Waals surface area contributed by atoms with Gasteiger partial charge in [0.05, 0.1) is 12.3 Å². The molecule has 4 nitrogen and oxygen atoms in total. The summed E-state index contributed by atoms with van der Waals surface area (Å²) in [6.07, 6.45) is 7.21. The SMILES string of the molecule is CCCCCCn1ccc(CNCCOC)n1. The van der Waals surface area contributed by atoms with Crippen LogP contribution >= 0.6 is 0 Å². The molecule has 0 radical (unpaired) electrons. The fraction of sp³-hybridized carbons (Fsp3) is 0.769. The molecule has 0 amide bonds. The van der Waals surface area contributed by atoms with Crippen LogP contribution in [0.5, 0.6) is 0 Å². The summed E-state index contributed by atoms with van der Waals surface area (Å²) >= 11 is 0. The number of nitrogens with zero attached hydrogens (tertiary/aromatic N) is 2. The second-order valence-corrected chi connectivity index (χ2v) is 4.30. The van der Waals surface area contributed by atoms with Crippen LogP contribution in [0.4, 0.5) is 0 Å². The fourth-order valence-corrected chi connectivity index (χ4v) is 1.71. The Morgan fingerprint density at radius 3 is 3.00 bits per heavy atom. The van der Waals surface area contributed by atoms with E-state index in [0.717, 1.165) is 31.9 Å². The van der Waals surface area contributed by atoms with Crippen molar-refractivity contribution < 1.29 is 4.74 Å². The van der Waals surface area contributed by atoms with Crippen LogP contribution in [0.25, 0.3) is 0 Å². The van der Waals surface area contributed by atoms with Gasteiger partial charge in [-0.05, 0) is 12.5 Å². The summed E-state index contributed by atoms with van der Waals surface area (Å²) in [4.78, 5) is 0. The van der Waals surface area contributed by atoms with Crippen molar-refractivity contribution in [3.8, 4) is 0 Å². The predicted octanol–water partition coefficient (Wildman–Crippen LogP) is 2.20. The summed E-state index contributed by atoms with van der Waals surface area (Å²) in [5.41, 5.74) is 1.11. The molecule has 17 heavy (non-hydrogen) atoms. The van der Waals surface area contributed by atoms with Gasteiger partial charge in [0.15, 0.2) is 0 Å². The molecule has 0 aliphatic rings. The van der Waals surface area contributed by atoms with Crippen molar-refractivity contribution in [2.45, 2.75) is 45.7 Å². The summed E-state index contributed by atoms with van der Waals surface area (Å²) < 4.78 is 7.02. The van der Waals surface area contributed by atoms with E-state index >= 15 is 0 Å². The van der Waals surface area contributed by atoms with E-state index in [2.05, 4.69) is 29.6 Å². The Balaban J connectivity index is 2.14. The summed E-state index contributed by atoms with van der Waals surface area (Å²) in [5, 5.41) is 7.81. The number of methoxy groups -OCH3 is 1. The number of aromatic nitrogens is 2. The number of unbranched alkanes of at least 4 members (excludes halogenated alkanes) is 3. The van der Waals surface area contributed by atoms with Crippen LogP contribution in [-0.2, 0) is 17.8 Å². The quantitative estimate of drug-likeness (QED) is 0.636. The molecule has 98 valence electrons. The maximum Gasteiger partial charge on any atom is 0.0762 e. The van der Waals surface area contributed by atoms with Crippen molar-refractivity contribution in [1.29, 1.82) is 0 Å². The highest BCUT2D eigenvalue weighted by Gasteiger charge is 1.98. The van der Waals surface area contributed by atoms with Crippen LogP contribution in [0.1, 0.15) is 38.3 Å². The number of ether oxygens (including phenoxy) is 1. The fourth-order valence-electron chi connectivity index (χ4n) is 1.71. The summed E-state index contributed by atoms with van der Waals surface area (Å²) in [6.45, 7) is 5.72. The molecule has 1 aromatic heterocycles. The highest BCUT2D eigenvalue weighted by atomic mass is 16.5. The van der Waals surface area contributed by atoms with Gasteiger partial charge in [-0.25, -0.2) is 0 Å². The standard InChI is InChI=1S/C13H25N3O/c1-3-4-5-6-9-16-10-7-13(15-16)12-14-8-11-17-2/h7,10,14H,3-6,8-9,11-12H2,1-2H3. The molecule has 0 atom stereocenters. The Labute approximate surface area is 104 Å². The molecular weight excluding hydrogens is 214 g/mol. The third-order valence-corrected chi connectivity index (χ3v) is 2.73. The average Bonchev–Trinajstić information content (AvgIpc) is 2.78. The molecule has 0 spiro atoms. The van der Waals surface area contributed by atoms with E-state index in [0.29, 0.717) is 0 Å². The van der Waals surface area contributed by atoms with Crippen molar-refractivity contribution in [2.75, 3.05) is 20.3 Å². The Morgan fingerprint density at radius 2 is 2.24 bits per heavy atom.